The van der Waals surface area contributed by atoms with Gasteiger partial charge in [0, 0.05) is 16.5 Å². The second-order valence-electron chi connectivity index (χ2n) is 8.05. The summed E-state index contributed by atoms with van der Waals surface area (Å²) in [5.74, 6) is -1.72. The zero-order valence-electron chi connectivity index (χ0n) is 18.5. The third kappa shape index (κ3) is 4.16. The van der Waals surface area contributed by atoms with Crippen LogP contribution in [0.3, 0.4) is 0 Å². The van der Waals surface area contributed by atoms with Crippen molar-refractivity contribution in [3.63, 3.8) is 0 Å². The van der Waals surface area contributed by atoms with Gasteiger partial charge >= 0.3 is 0 Å². The maximum Gasteiger partial charge on any atom is 0.239 e. The maximum atomic E-state index is 14.6. The fourth-order valence-electron chi connectivity index (χ4n) is 4.27. The number of benzene rings is 4. The standard InChI is InChI=1S/C24H20F2N2O5S2/c1-12-15(5-3-7-19(12)25)21-17-10-9-14(29)11-18(17)23(34(27,30)31)22(24(21)35(28,32)33)16-6-4-8-20(26)13(16)2/h3-11,29H,1-2H3,(H2,27,30,31)(H2,28,32,33). The van der Waals surface area contributed by atoms with Crippen LogP contribution in [0.4, 0.5) is 8.78 Å². The summed E-state index contributed by atoms with van der Waals surface area (Å²) in [4.78, 5) is -1.33. The molecular formula is C24H20F2N2O5S2. The predicted molar refractivity (Wildman–Crippen MR) is 129 cm³/mol. The van der Waals surface area contributed by atoms with E-state index in [4.69, 9.17) is 10.3 Å². The Labute approximate surface area is 200 Å². The Hall–Kier alpha value is -3.38. The summed E-state index contributed by atoms with van der Waals surface area (Å²) in [6, 6.07) is 11.3. The van der Waals surface area contributed by atoms with E-state index in [9.17, 15) is 30.7 Å². The highest BCUT2D eigenvalue weighted by atomic mass is 32.2. The predicted octanol–water partition coefficient (Wildman–Crippen LogP) is 4.07. The summed E-state index contributed by atoms with van der Waals surface area (Å²) in [7, 11) is -9.41. The summed E-state index contributed by atoms with van der Waals surface area (Å²) in [5.41, 5.74) is -0.560. The van der Waals surface area contributed by atoms with Crippen LogP contribution >= 0.6 is 0 Å². The number of fused-ring (bicyclic) bond motifs is 1. The number of nitrogens with two attached hydrogens (primary N) is 2. The summed E-state index contributed by atoms with van der Waals surface area (Å²) >= 11 is 0. The highest BCUT2D eigenvalue weighted by Crippen LogP contribution is 2.48. The second kappa shape index (κ2) is 8.38. The number of phenolic OH excluding ortho intramolecular Hbond substituents is 1. The Kier molecular flexibility index (Phi) is 5.92. The quantitative estimate of drug-likeness (QED) is 0.374. The van der Waals surface area contributed by atoms with Gasteiger partial charge in [-0.25, -0.2) is 35.9 Å². The Morgan fingerprint density at radius 3 is 1.66 bits per heavy atom. The molecule has 11 heteroatoms. The topological polar surface area (TPSA) is 141 Å². The average molecular weight is 519 g/mol. The van der Waals surface area contributed by atoms with Gasteiger partial charge in [0.1, 0.15) is 17.4 Å². The molecule has 0 aliphatic carbocycles. The van der Waals surface area contributed by atoms with Gasteiger partial charge in [0.05, 0.1) is 9.79 Å². The fourth-order valence-corrected chi connectivity index (χ4v) is 6.31. The molecule has 0 aliphatic heterocycles. The molecule has 0 aromatic heterocycles. The summed E-state index contributed by atoms with van der Waals surface area (Å²) < 4.78 is 81.2. The van der Waals surface area contributed by atoms with Crippen LogP contribution in [0.25, 0.3) is 33.0 Å². The van der Waals surface area contributed by atoms with Gasteiger partial charge in [0.2, 0.25) is 20.0 Å². The Balaban J connectivity index is 2.48. The lowest BCUT2D eigenvalue weighted by molar-refractivity contribution is 0.476. The van der Waals surface area contributed by atoms with Gasteiger partial charge in [-0.05, 0) is 71.8 Å². The van der Waals surface area contributed by atoms with Crippen molar-refractivity contribution in [2.45, 2.75) is 23.6 Å². The third-order valence-corrected chi connectivity index (χ3v) is 7.81. The lowest BCUT2D eigenvalue weighted by atomic mass is 9.89. The molecule has 182 valence electrons. The van der Waals surface area contributed by atoms with Gasteiger partial charge in [-0.1, -0.05) is 24.3 Å². The molecule has 0 spiro atoms. The van der Waals surface area contributed by atoms with Crippen molar-refractivity contribution >= 4 is 30.8 Å². The second-order valence-corrected chi connectivity index (χ2v) is 11.0. The van der Waals surface area contributed by atoms with E-state index in [1.54, 1.807) is 0 Å². The van der Waals surface area contributed by atoms with Gasteiger partial charge in [0.25, 0.3) is 0 Å². The molecule has 0 radical (unpaired) electrons. The van der Waals surface area contributed by atoms with E-state index in [-0.39, 0.29) is 44.3 Å². The minimum absolute atomic E-state index is 0.0300. The van der Waals surface area contributed by atoms with Crippen molar-refractivity contribution in [2.24, 2.45) is 10.3 Å². The lowest BCUT2D eigenvalue weighted by Gasteiger charge is -2.23. The Bertz CT molecular complexity index is 1750. The summed E-state index contributed by atoms with van der Waals surface area (Å²) in [6.45, 7) is 2.76. The maximum absolute atomic E-state index is 14.6. The molecule has 0 saturated heterocycles. The van der Waals surface area contributed by atoms with Crippen molar-refractivity contribution in [1.82, 2.24) is 0 Å². The van der Waals surface area contributed by atoms with Crippen LogP contribution in [0.2, 0.25) is 0 Å². The molecule has 0 fully saturated rings. The highest BCUT2D eigenvalue weighted by molar-refractivity contribution is 7.90. The number of phenols is 1. The zero-order valence-corrected chi connectivity index (χ0v) is 20.1. The molecule has 0 atom stereocenters. The van der Waals surface area contributed by atoms with Gasteiger partial charge in [0.15, 0.2) is 0 Å². The number of aromatic hydroxyl groups is 1. The van der Waals surface area contributed by atoms with E-state index in [0.717, 1.165) is 12.1 Å². The van der Waals surface area contributed by atoms with Crippen LogP contribution in [0.5, 0.6) is 5.75 Å². The van der Waals surface area contributed by atoms with Crippen molar-refractivity contribution in [3.05, 3.63) is 77.4 Å². The molecular weight excluding hydrogens is 498 g/mol. The first-order valence-electron chi connectivity index (χ1n) is 10.1. The highest BCUT2D eigenvalue weighted by Gasteiger charge is 2.33. The number of rotatable bonds is 4. The molecule has 4 rings (SSSR count). The number of hydrogen-bond donors (Lipinski definition) is 3. The van der Waals surface area contributed by atoms with E-state index in [0.29, 0.717) is 0 Å². The first-order chi connectivity index (χ1) is 16.2. The van der Waals surface area contributed by atoms with E-state index in [2.05, 4.69) is 0 Å². The molecule has 4 aromatic rings. The van der Waals surface area contributed by atoms with Crippen molar-refractivity contribution in [2.75, 3.05) is 0 Å². The molecule has 0 amide bonds. The molecule has 5 N–H and O–H groups in total. The molecule has 0 unspecified atom stereocenters. The lowest BCUT2D eigenvalue weighted by Crippen LogP contribution is -2.21. The van der Waals surface area contributed by atoms with E-state index < -0.39 is 47.0 Å². The monoisotopic (exact) mass is 518 g/mol. The number of sulfonamides is 2. The Morgan fingerprint density at radius 2 is 1.17 bits per heavy atom. The van der Waals surface area contributed by atoms with Crippen LogP contribution in [-0.2, 0) is 20.0 Å². The molecule has 7 nitrogen and oxygen atoms in total. The number of halogens is 2. The average Bonchev–Trinajstić information content (AvgIpc) is 2.74. The van der Waals surface area contributed by atoms with Crippen molar-refractivity contribution in [3.8, 4) is 28.0 Å². The Morgan fingerprint density at radius 1 is 0.686 bits per heavy atom. The minimum atomic E-state index is -4.73. The molecule has 0 aliphatic rings. The van der Waals surface area contributed by atoms with Crippen LogP contribution in [-0.4, -0.2) is 21.9 Å². The summed E-state index contributed by atoms with van der Waals surface area (Å²) in [6.07, 6.45) is 0. The molecule has 35 heavy (non-hydrogen) atoms. The van der Waals surface area contributed by atoms with Crippen LogP contribution < -0.4 is 10.3 Å². The zero-order chi connectivity index (χ0) is 25.9. The van der Waals surface area contributed by atoms with E-state index >= 15 is 0 Å². The molecule has 0 bridgehead atoms. The number of primary sulfonamides is 2. The first-order valence-corrected chi connectivity index (χ1v) is 13.2. The van der Waals surface area contributed by atoms with Gasteiger partial charge in [-0.2, -0.15) is 0 Å². The van der Waals surface area contributed by atoms with Crippen LogP contribution in [0.15, 0.2) is 64.4 Å². The SMILES string of the molecule is Cc1c(F)cccc1-c1c(S(N)(=O)=O)c(-c2cccc(F)c2C)c2ccc(O)cc2c1S(N)(=O)=O. The minimum Gasteiger partial charge on any atom is -0.508 e. The van der Waals surface area contributed by atoms with Gasteiger partial charge in [-0.15, -0.1) is 0 Å². The van der Waals surface area contributed by atoms with Gasteiger partial charge in [-0.3, -0.25) is 0 Å². The van der Waals surface area contributed by atoms with E-state index in [1.807, 2.05) is 0 Å². The van der Waals surface area contributed by atoms with E-state index in [1.165, 1.54) is 56.3 Å². The smallest absolute Gasteiger partial charge is 0.239 e. The molecule has 4 aromatic carbocycles. The number of hydrogen-bond acceptors (Lipinski definition) is 5. The van der Waals surface area contributed by atoms with Gasteiger partial charge < -0.3 is 5.11 Å². The first kappa shape index (κ1) is 24.7. The third-order valence-electron chi connectivity index (χ3n) is 5.84. The fraction of sp³-hybridized carbons (Fsp3) is 0.0833. The summed E-state index contributed by atoms with van der Waals surface area (Å²) in [5, 5.41) is 21.3. The molecule has 0 heterocycles. The van der Waals surface area contributed by atoms with Crippen LogP contribution in [0, 0.1) is 25.5 Å². The van der Waals surface area contributed by atoms with Crippen molar-refractivity contribution < 1.29 is 30.7 Å². The van der Waals surface area contributed by atoms with Crippen molar-refractivity contribution in [1.29, 1.82) is 0 Å². The largest absolute Gasteiger partial charge is 0.508 e. The normalized spacial score (nSPS) is 12.3. The molecule has 0 saturated carbocycles. The van der Waals surface area contributed by atoms with Crippen LogP contribution in [0.1, 0.15) is 11.1 Å².